The Morgan fingerprint density at radius 3 is 2.38 bits per heavy atom. The number of nitrogens with zero attached hydrogens (tertiary/aromatic N) is 1. The number of benzene rings is 2. The highest BCUT2D eigenvalue weighted by molar-refractivity contribution is 14.0. The number of aliphatic imine (C=N–C) groups is 1. The number of hydrogen-bond acceptors (Lipinski definition) is 3. The molecule has 142 valence electrons. The van der Waals surface area contributed by atoms with Crippen LogP contribution in [0.3, 0.4) is 0 Å². The number of rotatable bonds is 6. The maximum atomic E-state index is 12.1. The van der Waals surface area contributed by atoms with Crippen molar-refractivity contribution < 1.29 is 22.6 Å². The fourth-order valence-electron chi connectivity index (χ4n) is 2.00. The molecule has 0 bridgehead atoms. The van der Waals surface area contributed by atoms with Crippen LogP contribution in [0.1, 0.15) is 11.1 Å². The standard InChI is InChI=1S/C17H18F3N3O2.HI/c1-24-15-4-2-3-13(9-15)11-23-16(21)22-10-12-5-7-14(8-6-12)25-17(18,19)20;/h2-9H,10-11H2,1H3,(H3,21,22,23);1H. The third-order valence-corrected chi connectivity index (χ3v) is 3.20. The van der Waals surface area contributed by atoms with Crippen molar-refractivity contribution in [2.24, 2.45) is 10.7 Å². The summed E-state index contributed by atoms with van der Waals surface area (Å²) < 4.78 is 45.2. The second-order valence-electron chi connectivity index (χ2n) is 5.10. The summed E-state index contributed by atoms with van der Waals surface area (Å²) in [5.41, 5.74) is 7.47. The van der Waals surface area contributed by atoms with Gasteiger partial charge < -0.3 is 20.5 Å². The van der Waals surface area contributed by atoms with E-state index in [4.69, 9.17) is 10.5 Å². The van der Waals surface area contributed by atoms with Gasteiger partial charge in [-0.25, -0.2) is 4.99 Å². The molecule has 0 aliphatic rings. The molecule has 0 heterocycles. The van der Waals surface area contributed by atoms with Gasteiger partial charge in [0.15, 0.2) is 5.96 Å². The summed E-state index contributed by atoms with van der Waals surface area (Å²) in [6.07, 6.45) is -4.70. The molecule has 0 aromatic heterocycles. The molecule has 0 aliphatic carbocycles. The van der Waals surface area contributed by atoms with Gasteiger partial charge in [-0.3, -0.25) is 0 Å². The highest BCUT2D eigenvalue weighted by Crippen LogP contribution is 2.22. The quantitative estimate of drug-likeness (QED) is 0.374. The lowest BCUT2D eigenvalue weighted by molar-refractivity contribution is -0.274. The third-order valence-electron chi connectivity index (χ3n) is 3.20. The smallest absolute Gasteiger partial charge is 0.497 e. The average Bonchev–Trinajstić information content (AvgIpc) is 2.58. The Labute approximate surface area is 166 Å². The van der Waals surface area contributed by atoms with Gasteiger partial charge in [-0.05, 0) is 35.4 Å². The number of halogens is 4. The molecular weight excluding hydrogens is 462 g/mol. The van der Waals surface area contributed by atoms with Crippen molar-refractivity contribution in [3.8, 4) is 11.5 Å². The number of ether oxygens (including phenoxy) is 2. The van der Waals surface area contributed by atoms with Crippen molar-refractivity contribution in [1.29, 1.82) is 0 Å². The maximum Gasteiger partial charge on any atom is 0.573 e. The van der Waals surface area contributed by atoms with Crippen LogP contribution >= 0.6 is 24.0 Å². The minimum atomic E-state index is -4.70. The molecule has 2 aromatic carbocycles. The molecule has 9 heteroatoms. The van der Waals surface area contributed by atoms with Gasteiger partial charge in [0, 0.05) is 6.54 Å². The summed E-state index contributed by atoms with van der Waals surface area (Å²) in [5.74, 6) is 0.703. The predicted octanol–water partition coefficient (Wildman–Crippen LogP) is 3.82. The van der Waals surface area contributed by atoms with Crippen LogP contribution in [0, 0.1) is 0 Å². The lowest BCUT2D eigenvalue weighted by Gasteiger charge is -2.10. The Kier molecular flexibility index (Phi) is 8.49. The normalized spacial score (nSPS) is 11.5. The largest absolute Gasteiger partial charge is 0.573 e. The van der Waals surface area contributed by atoms with Crippen LogP contribution in [0.25, 0.3) is 0 Å². The average molecular weight is 481 g/mol. The maximum absolute atomic E-state index is 12.1. The monoisotopic (exact) mass is 481 g/mol. The van der Waals surface area contributed by atoms with Gasteiger partial charge in [0.05, 0.1) is 13.7 Å². The topological polar surface area (TPSA) is 68.9 Å². The van der Waals surface area contributed by atoms with Crippen LogP contribution in [0.2, 0.25) is 0 Å². The van der Waals surface area contributed by atoms with E-state index in [1.807, 2.05) is 24.3 Å². The minimum absolute atomic E-state index is 0. The van der Waals surface area contributed by atoms with Crippen molar-refractivity contribution in [3.63, 3.8) is 0 Å². The van der Waals surface area contributed by atoms with E-state index in [0.717, 1.165) is 16.9 Å². The first-order chi connectivity index (χ1) is 11.9. The second-order valence-corrected chi connectivity index (χ2v) is 5.10. The molecule has 0 unspecified atom stereocenters. The molecular formula is C17H19F3IN3O2. The zero-order valence-corrected chi connectivity index (χ0v) is 16.2. The van der Waals surface area contributed by atoms with Crippen LogP contribution in [0.4, 0.5) is 13.2 Å². The molecule has 0 spiro atoms. The first kappa shape index (κ1) is 21.9. The van der Waals surface area contributed by atoms with Crippen molar-refractivity contribution in [3.05, 3.63) is 59.7 Å². The van der Waals surface area contributed by atoms with E-state index in [1.54, 1.807) is 7.11 Å². The van der Waals surface area contributed by atoms with E-state index in [-0.39, 0.29) is 35.7 Å². The number of alkyl halides is 3. The predicted molar refractivity (Wildman–Crippen MR) is 104 cm³/mol. The van der Waals surface area contributed by atoms with Gasteiger partial charge in [-0.15, -0.1) is 37.1 Å². The van der Waals surface area contributed by atoms with Crippen molar-refractivity contribution in [2.75, 3.05) is 7.11 Å². The van der Waals surface area contributed by atoms with E-state index in [9.17, 15) is 13.2 Å². The third kappa shape index (κ3) is 7.81. The molecule has 0 saturated carbocycles. The molecule has 0 saturated heterocycles. The van der Waals surface area contributed by atoms with Crippen LogP contribution in [-0.4, -0.2) is 19.4 Å². The number of guanidine groups is 1. The first-order valence-corrected chi connectivity index (χ1v) is 7.37. The number of methoxy groups -OCH3 is 1. The number of nitrogens with two attached hydrogens (primary N) is 1. The van der Waals surface area contributed by atoms with Crippen LogP contribution in [0.5, 0.6) is 11.5 Å². The lowest BCUT2D eigenvalue weighted by Crippen LogP contribution is -2.31. The summed E-state index contributed by atoms with van der Waals surface area (Å²) >= 11 is 0. The number of nitrogens with one attached hydrogen (secondary N) is 1. The van der Waals surface area contributed by atoms with E-state index in [0.29, 0.717) is 13.1 Å². The fourth-order valence-corrected chi connectivity index (χ4v) is 2.00. The van der Waals surface area contributed by atoms with Crippen LogP contribution in [0.15, 0.2) is 53.5 Å². The Hall–Kier alpha value is -2.17. The fraction of sp³-hybridized carbons (Fsp3) is 0.235. The Balaban J connectivity index is 0.00000338. The summed E-state index contributed by atoms with van der Waals surface area (Å²) in [6, 6.07) is 13.0. The van der Waals surface area contributed by atoms with Crippen molar-refractivity contribution in [1.82, 2.24) is 5.32 Å². The molecule has 3 N–H and O–H groups in total. The first-order valence-electron chi connectivity index (χ1n) is 7.37. The summed E-state index contributed by atoms with van der Waals surface area (Å²) in [7, 11) is 1.59. The van der Waals surface area contributed by atoms with Gasteiger partial charge in [0.1, 0.15) is 11.5 Å². The van der Waals surface area contributed by atoms with Gasteiger partial charge in [0.2, 0.25) is 0 Å². The molecule has 5 nitrogen and oxygen atoms in total. The highest BCUT2D eigenvalue weighted by atomic mass is 127. The summed E-state index contributed by atoms with van der Waals surface area (Å²) in [5, 5.41) is 2.90. The lowest BCUT2D eigenvalue weighted by atomic mass is 10.2. The van der Waals surface area contributed by atoms with Gasteiger partial charge in [-0.2, -0.15) is 0 Å². The molecule has 26 heavy (non-hydrogen) atoms. The highest BCUT2D eigenvalue weighted by Gasteiger charge is 2.30. The molecule has 0 fully saturated rings. The van der Waals surface area contributed by atoms with E-state index in [2.05, 4.69) is 15.0 Å². The molecule has 0 radical (unpaired) electrons. The van der Waals surface area contributed by atoms with E-state index in [1.165, 1.54) is 24.3 Å². The van der Waals surface area contributed by atoms with Crippen LogP contribution in [-0.2, 0) is 13.1 Å². The minimum Gasteiger partial charge on any atom is -0.497 e. The second kappa shape index (κ2) is 10.1. The van der Waals surface area contributed by atoms with Crippen LogP contribution < -0.4 is 20.5 Å². The zero-order chi connectivity index (χ0) is 18.3. The summed E-state index contributed by atoms with van der Waals surface area (Å²) in [6.45, 7) is 0.716. The van der Waals surface area contributed by atoms with E-state index >= 15 is 0 Å². The Morgan fingerprint density at radius 2 is 1.77 bits per heavy atom. The van der Waals surface area contributed by atoms with Gasteiger partial charge >= 0.3 is 6.36 Å². The Morgan fingerprint density at radius 1 is 1.08 bits per heavy atom. The molecule has 0 aliphatic heterocycles. The van der Waals surface area contributed by atoms with E-state index < -0.39 is 6.36 Å². The molecule has 2 rings (SSSR count). The summed E-state index contributed by atoms with van der Waals surface area (Å²) in [4.78, 5) is 4.21. The molecule has 0 atom stereocenters. The Bertz CT molecular complexity index is 722. The van der Waals surface area contributed by atoms with Gasteiger partial charge in [0.25, 0.3) is 0 Å². The van der Waals surface area contributed by atoms with Crippen molar-refractivity contribution >= 4 is 29.9 Å². The molecule has 2 aromatic rings. The van der Waals surface area contributed by atoms with Gasteiger partial charge in [-0.1, -0.05) is 24.3 Å². The zero-order valence-electron chi connectivity index (χ0n) is 13.9. The number of hydrogen-bond donors (Lipinski definition) is 2. The molecule has 0 amide bonds. The SMILES string of the molecule is COc1cccc(CN=C(N)NCc2ccc(OC(F)(F)F)cc2)c1.I. The van der Waals surface area contributed by atoms with Crippen molar-refractivity contribution in [2.45, 2.75) is 19.5 Å².